The number of aromatic nitrogens is 1. The van der Waals surface area contributed by atoms with Gasteiger partial charge in [-0.3, -0.25) is 14.9 Å². The van der Waals surface area contributed by atoms with Crippen molar-refractivity contribution in [2.75, 3.05) is 5.32 Å². The van der Waals surface area contributed by atoms with Crippen LogP contribution in [0.4, 0.5) is 11.4 Å². The predicted octanol–water partition coefficient (Wildman–Crippen LogP) is 6.48. The van der Waals surface area contributed by atoms with Gasteiger partial charge < -0.3 is 14.2 Å². The molecule has 1 N–H and O–H groups in total. The molecule has 2 aromatic heterocycles. The van der Waals surface area contributed by atoms with Crippen molar-refractivity contribution in [3.8, 4) is 22.8 Å². The molecule has 2 heterocycles. The highest BCUT2D eigenvalue weighted by Crippen LogP contribution is 2.31. The Bertz CT molecular complexity index is 1520. The second kappa shape index (κ2) is 8.67. The van der Waals surface area contributed by atoms with E-state index in [0.717, 1.165) is 23.1 Å². The summed E-state index contributed by atoms with van der Waals surface area (Å²) in [6.07, 6.45) is 0.923. The van der Waals surface area contributed by atoms with E-state index in [9.17, 15) is 14.9 Å². The summed E-state index contributed by atoms with van der Waals surface area (Å²) in [5, 5.41) is 14.0. The molecule has 5 aromatic rings. The van der Waals surface area contributed by atoms with E-state index < -0.39 is 10.8 Å². The van der Waals surface area contributed by atoms with Gasteiger partial charge >= 0.3 is 0 Å². The van der Waals surface area contributed by atoms with Crippen molar-refractivity contribution in [2.24, 2.45) is 0 Å². The van der Waals surface area contributed by atoms with Gasteiger partial charge in [0.1, 0.15) is 11.3 Å². The van der Waals surface area contributed by atoms with Gasteiger partial charge in [-0.05, 0) is 66.6 Å². The molecule has 8 nitrogen and oxygen atoms in total. The number of nitro benzene ring substituents is 1. The van der Waals surface area contributed by atoms with Gasteiger partial charge in [-0.2, -0.15) is 0 Å². The van der Waals surface area contributed by atoms with Crippen LogP contribution in [0.2, 0.25) is 0 Å². The number of amides is 1. The average Bonchev–Trinajstić information content (AvgIpc) is 3.51. The van der Waals surface area contributed by atoms with E-state index in [1.165, 1.54) is 23.8 Å². The molecule has 34 heavy (non-hydrogen) atoms. The van der Waals surface area contributed by atoms with Crippen LogP contribution in [-0.2, 0) is 6.42 Å². The van der Waals surface area contributed by atoms with Crippen LogP contribution in [-0.4, -0.2) is 15.8 Å². The highest BCUT2D eigenvalue weighted by Gasteiger charge is 2.19. The molecule has 0 aliphatic rings. The number of carbonyl (C=O) groups is 1. The maximum atomic E-state index is 12.6. The number of benzene rings is 3. The monoisotopic (exact) mass is 453 g/mol. The molecule has 0 bridgehead atoms. The van der Waals surface area contributed by atoms with Crippen LogP contribution in [0.1, 0.15) is 23.0 Å². The van der Waals surface area contributed by atoms with Crippen LogP contribution < -0.4 is 5.32 Å². The fourth-order valence-corrected chi connectivity index (χ4v) is 3.65. The number of anilines is 1. The lowest BCUT2D eigenvalue weighted by molar-refractivity contribution is -0.384. The minimum Gasteiger partial charge on any atom is -0.451 e. The van der Waals surface area contributed by atoms with Crippen molar-refractivity contribution in [1.82, 2.24) is 4.98 Å². The maximum absolute atomic E-state index is 12.6. The summed E-state index contributed by atoms with van der Waals surface area (Å²) >= 11 is 0. The molecule has 0 radical (unpaired) electrons. The first-order valence-corrected chi connectivity index (χ1v) is 10.7. The number of rotatable bonds is 6. The molecule has 0 saturated heterocycles. The summed E-state index contributed by atoms with van der Waals surface area (Å²) in [6.45, 7) is 2.09. The predicted molar refractivity (Wildman–Crippen MR) is 128 cm³/mol. The van der Waals surface area contributed by atoms with Crippen molar-refractivity contribution in [3.63, 3.8) is 0 Å². The molecule has 0 spiro atoms. The molecule has 0 fully saturated rings. The number of furan rings is 1. The van der Waals surface area contributed by atoms with E-state index in [4.69, 9.17) is 8.83 Å². The van der Waals surface area contributed by atoms with Gasteiger partial charge in [-0.15, -0.1) is 0 Å². The molecule has 8 heteroatoms. The van der Waals surface area contributed by atoms with Gasteiger partial charge in [0.05, 0.1) is 10.5 Å². The first-order chi connectivity index (χ1) is 16.5. The Morgan fingerprint density at radius 2 is 1.79 bits per heavy atom. The molecular weight excluding hydrogens is 434 g/mol. The smallest absolute Gasteiger partial charge is 0.291 e. The number of para-hydroxylation sites is 1. The second-order valence-electron chi connectivity index (χ2n) is 7.64. The van der Waals surface area contributed by atoms with Crippen molar-refractivity contribution in [2.45, 2.75) is 13.3 Å². The Balaban J connectivity index is 1.32. The second-order valence-corrected chi connectivity index (χ2v) is 7.64. The Hall–Kier alpha value is -4.72. The third kappa shape index (κ3) is 4.04. The lowest BCUT2D eigenvalue weighted by Crippen LogP contribution is -2.10. The molecular formula is C26H19N3O5. The van der Waals surface area contributed by atoms with E-state index in [0.29, 0.717) is 17.1 Å². The topological polar surface area (TPSA) is 111 Å². The molecule has 0 saturated carbocycles. The summed E-state index contributed by atoms with van der Waals surface area (Å²) in [5.74, 6) is 0.325. The minimum atomic E-state index is -0.487. The quantitative estimate of drug-likeness (QED) is 0.233. The molecule has 3 aromatic carbocycles. The summed E-state index contributed by atoms with van der Waals surface area (Å²) in [5.41, 5.74) is 4.26. The van der Waals surface area contributed by atoms with E-state index in [2.05, 4.69) is 17.2 Å². The molecule has 0 aliphatic carbocycles. The zero-order valence-electron chi connectivity index (χ0n) is 18.1. The fourth-order valence-electron chi connectivity index (χ4n) is 3.65. The highest BCUT2D eigenvalue weighted by molar-refractivity contribution is 6.02. The van der Waals surface area contributed by atoms with Crippen LogP contribution >= 0.6 is 0 Å². The Kier molecular flexibility index (Phi) is 5.39. The lowest BCUT2D eigenvalue weighted by atomic mass is 10.1. The largest absolute Gasteiger partial charge is 0.451 e. The van der Waals surface area contributed by atoms with Crippen molar-refractivity contribution in [1.29, 1.82) is 0 Å². The lowest BCUT2D eigenvalue weighted by Gasteiger charge is -2.04. The first kappa shape index (κ1) is 21.1. The van der Waals surface area contributed by atoms with Crippen LogP contribution in [0.25, 0.3) is 33.9 Å². The van der Waals surface area contributed by atoms with Crippen LogP contribution in [0.15, 0.2) is 87.7 Å². The third-order valence-electron chi connectivity index (χ3n) is 5.45. The summed E-state index contributed by atoms with van der Waals surface area (Å²) in [6, 6.07) is 22.3. The van der Waals surface area contributed by atoms with E-state index >= 15 is 0 Å². The highest BCUT2D eigenvalue weighted by atomic mass is 16.6. The number of fused-ring (bicyclic) bond motifs is 1. The van der Waals surface area contributed by atoms with Crippen LogP contribution in [0.5, 0.6) is 0 Å². The number of nitro groups is 1. The van der Waals surface area contributed by atoms with Gasteiger partial charge in [-0.1, -0.05) is 25.1 Å². The van der Waals surface area contributed by atoms with E-state index in [1.807, 2.05) is 30.3 Å². The Morgan fingerprint density at radius 1 is 1.00 bits per heavy atom. The fraction of sp³-hybridized carbons (Fsp3) is 0.0769. The van der Waals surface area contributed by atoms with Gasteiger partial charge in [0.2, 0.25) is 5.89 Å². The maximum Gasteiger partial charge on any atom is 0.291 e. The average molecular weight is 453 g/mol. The van der Waals surface area contributed by atoms with Gasteiger partial charge in [0, 0.05) is 17.3 Å². The van der Waals surface area contributed by atoms with Crippen LogP contribution in [0, 0.1) is 10.1 Å². The number of nitrogens with zero attached hydrogens (tertiary/aromatic N) is 2. The summed E-state index contributed by atoms with van der Waals surface area (Å²) < 4.78 is 11.5. The Labute approximate surface area is 194 Å². The zero-order chi connectivity index (χ0) is 23.7. The van der Waals surface area contributed by atoms with Crippen molar-refractivity contribution < 1.29 is 18.6 Å². The first-order valence-electron chi connectivity index (χ1n) is 10.7. The number of carbonyl (C=O) groups excluding carboxylic acids is 1. The molecule has 0 aliphatic heterocycles. The summed E-state index contributed by atoms with van der Waals surface area (Å²) in [4.78, 5) is 28.0. The molecule has 1 amide bonds. The van der Waals surface area contributed by atoms with Crippen LogP contribution in [0.3, 0.4) is 0 Å². The van der Waals surface area contributed by atoms with Crippen molar-refractivity contribution in [3.05, 3.63) is 100 Å². The van der Waals surface area contributed by atoms with Gasteiger partial charge in [-0.25, -0.2) is 4.98 Å². The normalized spacial score (nSPS) is 11.0. The number of nitrogens with one attached hydrogen (secondary N) is 1. The molecule has 0 unspecified atom stereocenters. The van der Waals surface area contributed by atoms with E-state index in [-0.39, 0.29) is 17.2 Å². The summed E-state index contributed by atoms with van der Waals surface area (Å²) in [7, 11) is 0. The molecule has 5 rings (SSSR count). The standard InChI is InChI=1S/C26H19N3O5/c1-2-16-7-12-23-20(15-16)28-26(34-23)17-8-10-18(11-9-17)27-25(30)24-14-13-22(33-24)19-5-3-4-6-21(19)29(31)32/h3-15H,2H2,1H3,(H,27,30). The number of hydrogen-bond donors (Lipinski definition) is 1. The molecule has 168 valence electrons. The van der Waals surface area contributed by atoms with E-state index in [1.54, 1.807) is 30.3 Å². The SMILES string of the molecule is CCc1ccc2oc(-c3ccc(NC(=O)c4ccc(-c5ccccc5[N+](=O)[O-])o4)cc3)nc2c1. The van der Waals surface area contributed by atoms with Gasteiger partial charge in [0.15, 0.2) is 11.3 Å². The number of oxazole rings is 1. The number of hydrogen-bond acceptors (Lipinski definition) is 6. The number of aryl methyl sites for hydroxylation is 1. The third-order valence-corrected chi connectivity index (χ3v) is 5.45. The minimum absolute atomic E-state index is 0.0444. The van der Waals surface area contributed by atoms with Gasteiger partial charge in [0.25, 0.3) is 11.6 Å². The zero-order valence-corrected chi connectivity index (χ0v) is 18.1. The molecule has 0 atom stereocenters. The Morgan fingerprint density at radius 3 is 2.56 bits per heavy atom. The van der Waals surface area contributed by atoms with Crippen molar-refractivity contribution >= 4 is 28.4 Å².